The fraction of sp³-hybridized carbons (Fsp3) is 0.148. The highest BCUT2D eigenvalue weighted by Gasteiger charge is 2.13. The molecule has 5 rings (SSSR count). The van der Waals surface area contributed by atoms with Crippen molar-refractivity contribution in [1.29, 1.82) is 0 Å². The Bertz CT molecular complexity index is 1510. The van der Waals surface area contributed by atoms with Gasteiger partial charge in [0.05, 0.1) is 18.1 Å². The van der Waals surface area contributed by atoms with Gasteiger partial charge in [-0.1, -0.05) is 18.2 Å². The zero-order chi connectivity index (χ0) is 24.2. The highest BCUT2D eigenvalue weighted by molar-refractivity contribution is 7.07. The summed E-state index contributed by atoms with van der Waals surface area (Å²) in [5.41, 5.74) is 3.88. The van der Waals surface area contributed by atoms with Gasteiger partial charge in [0.1, 0.15) is 17.0 Å². The summed E-state index contributed by atoms with van der Waals surface area (Å²) in [6, 6.07) is 19.2. The molecular formula is C27H25N5O2S. The third-order valence-electron chi connectivity index (χ3n) is 5.69. The van der Waals surface area contributed by atoms with Gasteiger partial charge in [0.15, 0.2) is 5.76 Å². The minimum absolute atomic E-state index is 0.171. The summed E-state index contributed by atoms with van der Waals surface area (Å²) in [5, 5.41) is 18.4. The number of hydrogen-bond acceptors (Lipinski definition) is 7. The van der Waals surface area contributed by atoms with E-state index in [0.29, 0.717) is 16.1 Å². The number of anilines is 1. The number of thiazole rings is 1. The zero-order valence-corrected chi connectivity index (χ0v) is 20.3. The van der Waals surface area contributed by atoms with Crippen LogP contribution in [0.25, 0.3) is 22.4 Å². The Kier molecular flexibility index (Phi) is 6.45. The number of pyridine rings is 1. The number of nitrogens with zero attached hydrogens (tertiary/aromatic N) is 5. The van der Waals surface area contributed by atoms with E-state index in [1.54, 1.807) is 29.4 Å². The van der Waals surface area contributed by atoms with E-state index in [9.17, 15) is 5.11 Å². The molecule has 35 heavy (non-hydrogen) atoms. The first-order chi connectivity index (χ1) is 17.2. The van der Waals surface area contributed by atoms with E-state index in [2.05, 4.69) is 23.7 Å². The van der Waals surface area contributed by atoms with Gasteiger partial charge in [-0.25, -0.2) is 9.67 Å². The number of aromatic hydroxyl groups is 1. The van der Waals surface area contributed by atoms with Crippen molar-refractivity contribution < 1.29 is 9.52 Å². The number of phenols is 1. The molecule has 0 radical (unpaired) electrons. The van der Waals surface area contributed by atoms with Crippen LogP contribution in [0.5, 0.6) is 5.75 Å². The maximum atomic E-state index is 10.7. The van der Waals surface area contributed by atoms with Gasteiger partial charge in [-0.2, -0.15) is 5.10 Å². The summed E-state index contributed by atoms with van der Waals surface area (Å²) < 4.78 is 7.83. The molecule has 0 aliphatic heterocycles. The number of benzene rings is 2. The minimum Gasteiger partial charge on any atom is -0.507 e. The normalized spacial score (nSPS) is 12.1. The summed E-state index contributed by atoms with van der Waals surface area (Å²) in [6.45, 7) is 5.93. The molecule has 0 aliphatic carbocycles. The fourth-order valence-corrected chi connectivity index (χ4v) is 4.68. The van der Waals surface area contributed by atoms with Crippen molar-refractivity contribution in [3.63, 3.8) is 0 Å². The number of rotatable bonds is 7. The quantitative estimate of drug-likeness (QED) is 0.287. The van der Waals surface area contributed by atoms with E-state index >= 15 is 0 Å². The number of furan rings is 1. The Morgan fingerprint density at radius 3 is 2.69 bits per heavy atom. The lowest BCUT2D eigenvalue weighted by Gasteiger charge is -2.21. The number of fused-ring (bicyclic) bond motifs is 1. The van der Waals surface area contributed by atoms with Gasteiger partial charge in [-0.05, 0) is 50.2 Å². The van der Waals surface area contributed by atoms with Crippen molar-refractivity contribution in [2.45, 2.75) is 13.8 Å². The highest BCUT2D eigenvalue weighted by Crippen LogP contribution is 2.29. The van der Waals surface area contributed by atoms with E-state index in [1.807, 2.05) is 60.0 Å². The molecule has 1 N–H and O–H groups in total. The zero-order valence-electron chi connectivity index (χ0n) is 19.5. The van der Waals surface area contributed by atoms with Gasteiger partial charge >= 0.3 is 0 Å². The maximum absolute atomic E-state index is 10.7. The van der Waals surface area contributed by atoms with Crippen LogP contribution >= 0.6 is 11.3 Å². The van der Waals surface area contributed by atoms with Gasteiger partial charge in [0, 0.05) is 47.4 Å². The van der Waals surface area contributed by atoms with Crippen LogP contribution in [0, 0.1) is 0 Å². The molecule has 0 spiro atoms. The lowest BCUT2D eigenvalue weighted by molar-refractivity contribution is 0.474. The second-order valence-corrected chi connectivity index (χ2v) is 8.68. The number of hydrogen-bond donors (Lipinski definition) is 1. The number of para-hydroxylation sites is 1. The molecule has 7 nitrogen and oxygen atoms in total. The molecule has 3 aromatic heterocycles. The number of phenolic OH excluding ortho intramolecular Hbond substituents is 1. The van der Waals surface area contributed by atoms with Crippen molar-refractivity contribution in [3.05, 3.63) is 88.8 Å². The summed E-state index contributed by atoms with van der Waals surface area (Å²) >= 11 is 1.45. The Morgan fingerprint density at radius 1 is 1.09 bits per heavy atom. The molecule has 0 bridgehead atoms. The van der Waals surface area contributed by atoms with Gasteiger partial charge < -0.3 is 14.4 Å². The maximum Gasteiger partial charge on any atom is 0.211 e. The predicted molar refractivity (Wildman–Crippen MR) is 142 cm³/mol. The van der Waals surface area contributed by atoms with Crippen LogP contribution in [0.3, 0.4) is 0 Å². The van der Waals surface area contributed by atoms with Crippen LogP contribution in [0.1, 0.15) is 19.4 Å². The minimum atomic E-state index is 0.171. The monoisotopic (exact) mass is 483 g/mol. The molecule has 3 heterocycles. The first-order valence-corrected chi connectivity index (χ1v) is 12.3. The van der Waals surface area contributed by atoms with Gasteiger partial charge in [-0.3, -0.25) is 4.98 Å². The molecule has 0 saturated carbocycles. The van der Waals surface area contributed by atoms with E-state index in [-0.39, 0.29) is 5.75 Å². The average molecular weight is 484 g/mol. The van der Waals surface area contributed by atoms with Crippen molar-refractivity contribution in [3.8, 4) is 17.2 Å². The first-order valence-electron chi connectivity index (χ1n) is 11.4. The lowest BCUT2D eigenvalue weighted by atomic mass is 10.2. The molecule has 0 atom stereocenters. The lowest BCUT2D eigenvalue weighted by Crippen LogP contribution is -2.21. The Hall–Kier alpha value is -4.17. The SMILES string of the molecule is CCN(CC)c1ccc(C=Nn2c(-c3cc4ccccc4o3)csc2=Nc2cccnc2)c(O)c1. The van der Waals surface area contributed by atoms with Gasteiger partial charge in [0.2, 0.25) is 4.80 Å². The van der Waals surface area contributed by atoms with Crippen molar-refractivity contribution in [2.75, 3.05) is 18.0 Å². The topological polar surface area (TPSA) is 79.2 Å². The van der Waals surface area contributed by atoms with E-state index in [1.165, 1.54) is 11.3 Å². The molecule has 0 unspecified atom stereocenters. The molecule has 8 heteroatoms. The van der Waals surface area contributed by atoms with Crippen LogP contribution in [-0.4, -0.2) is 34.1 Å². The summed E-state index contributed by atoms with van der Waals surface area (Å²) in [7, 11) is 0. The molecule has 0 aliphatic rings. The van der Waals surface area contributed by atoms with Crippen LogP contribution < -0.4 is 9.70 Å². The second kappa shape index (κ2) is 9.99. The Labute approximate surface area is 207 Å². The van der Waals surface area contributed by atoms with Gasteiger partial charge in [-0.15, -0.1) is 11.3 Å². The predicted octanol–water partition coefficient (Wildman–Crippen LogP) is 6.02. The first kappa shape index (κ1) is 22.6. The third-order valence-corrected chi connectivity index (χ3v) is 6.51. The van der Waals surface area contributed by atoms with Crippen LogP contribution in [0.15, 0.2) is 92.9 Å². The smallest absolute Gasteiger partial charge is 0.211 e. The largest absolute Gasteiger partial charge is 0.507 e. The molecule has 176 valence electrons. The standard InChI is InChI=1S/C27H25N5O2S/c1-3-31(4-2)22-12-11-20(24(33)15-22)16-29-32-23(26-14-19-8-5-6-10-25(19)34-26)18-35-27(32)30-21-9-7-13-28-17-21/h5-18,33H,3-4H2,1-2H3. The average Bonchev–Trinajstić information content (AvgIpc) is 3.49. The third kappa shape index (κ3) is 4.74. The van der Waals surface area contributed by atoms with E-state index in [4.69, 9.17) is 14.5 Å². The van der Waals surface area contributed by atoms with E-state index < -0.39 is 0 Å². The molecule has 0 fully saturated rings. The molecule has 0 saturated heterocycles. The summed E-state index contributed by atoms with van der Waals surface area (Å²) in [4.78, 5) is 11.7. The van der Waals surface area contributed by atoms with Gasteiger partial charge in [0.25, 0.3) is 0 Å². The Morgan fingerprint density at radius 2 is 1.94 bits per heavy atom. The highest BCUT2D eigenvalue weighted by atomic mass is 32.1. The molecule has 2 aromatic carbocycles. The fourth-order valence-electron chi connectivity index (χ4n) is 3.84. The molecule has 0 amide bonds. The Balaban J connectivity index is 1.59. The van der Waals surface area contributed by atoms with E-state index in [0.717, 1.165) is 41.1 Å². The van der Waals surface area contributed by atoms with Crippen LogP contribution in [0.4, 0.5) is 11.4 Å². The molecular weight excluding hydrogens is 458 g/mol. The summed E-state index contributed by atoms with van der Waals surface area (Å²) in [6.07, 6.45) is 5.05. The van der Waals surface area contributed by atoms with Crippen molar-refractivity contribution in [2.24, 2.45) is 10.1 Å². The summed E-state index contributed by atoms with van der Waals surface area (Å²) in [5.74, 6) is 0.860. The van der Waals surface area contributed by atoms with Crippen LogP contribution in [0.2, 0.25) is 0 Å². The number of aromatic nitrogens is 2. The van der Waals surface area contributed by atoms with Crippen LogP contribution in [-0.2, 0) is 0 Å². The molecule has 5 aromatic rings. The van der Waals surface area contributed by atoms with Crippen molar-refractivity contribution in [1.82, 2.24) is 9.66 Å². The van der Waals surface area contributed by atoms with Crippen molar-refractivity contribution >= 4 is 39.9 Å². The second-order valence-electron chi connectivity index (χ2n) is 7.85.